The molecule has 1 atom stereocenters. The molecule has 35 heavy (non-hydrogen) atoms. The number of hydrogen-bond donors (Lipinski definition) is 0. The topological polar surface area (TPSA) is 63.9 Å². The van der Waals surface area contributed by atoms with Crippen LogP contribution in [0.4, 0.5) is 5.69 Å². The largest absolute Gasteiger partial charge is 0.463 e. The molecule has 3 aromatic rings. The van der Waals surface area contributed by atoms with Crippen LogP contribution < -0.4 is 19.8 Å². The Bertz CT molecular complexity index is 1430. The molecule has 0 amide bonds. The van der Waals surface area contributed by atoms with Gasteiger partial charge in [0.1, 0.15) is 0 Å². The highest BCUT2D eigenvalue weighted by atomic mass is 35.5. The lowest BCUT2D eigenvalue weighted by molar-refractivity contribution is -0.139. The van der Waals surface area contributed by atoms with Crippen molar-refractivity contribution in [2.45, 2.75) is 33.7 Å². The van der Waals surface area contributed by atoms with E-state index < -0.39 is 12.0 Å². The van der Waals surface area contributed by atoms with Gasteiger partial charge in [0.25, 0.3) is 5.56 Å². The number of rotatable bonds is 7. The second-order valence-electron chi connectivity index (χ2n) is 8.12. The molecule has 2 aromatic carbocycles. The standard InChI is InChI=1S/C27H28ClN3O3S/c1-5-30(6-2)21-14-8-18(9-15-21)16-22-25(32)31-24(19-10-12-20(28)13-11-19)23(26(33)34-7-3)17(4)29-27(31)35-22/h8-16,24H,5-7H2,1-4H3/b22-16-/t24-/m0/s1. The van der Waals surface area contributed by atoms with E-state index in [4.69, 9.17) is 16.3 Å². The normalized spacial score (nSPS) is 15.6. The summed E-state index contributed by atoms with van der Waals surface area (Å²) in [7, 11) is 0. The molecule has 0 bridgehead atoms. The molecular formula is C27H28ClN3O3S. The minimum absolute atomic E-state index is 0.198. The van der Waals surface area contributed by atoms with Crippen LogP contribution in [0.2, 0.25) is 5.02 Å². The van der Waals surface area contributed by atoms with Gasteiger partial charge in [-0.25, -0.2) is 9.79 Å². The van der Waals surface area contributed by atoms with Crippen LogP contribution in [0, 0.1) is 0 Å². The van der Waals surface area contributed by atoms with Crippen LogP contribution in [-0.2, 0) is 9.53 Å². The summed E-state index contributed by atoms with van der Waals surface area (Å²) in [4.78, 5) is 34.0. The molecule has 0 aliphatic carbocycles. The van der Waals surface area contributed by atoms with E-state index in [0.29, 0.717) is 25.6 Å². The summed E-state index contributed by atoms with van der Waals surface area (Å²) < 4.78 is 7.47. The average Bonchev–Trinajstić information content (AvgIpc) is 3.15. The number of aromatic nitrogens is 1. The fourth-order valence-corrected chi connectivity index (χ4v) is 5.45. The van der Waals surface area contributed by atoms with Crippen LogP contribution >= 0.6 is 22.9 Å². The predicted octanol–water partition coefficient (Wildman–Crippen LogP) is 4.30. The Morgan fingerprint density at radius 2 is 1.77 bits per heavy atom. The lowest BCUT2D eigenvalue weighted by atomic mass is 9.96. The number of halogens is 1. The Morgan fingerprint density at radius 1 is 1.11 bits per heavy atom. The van der Waals surface area contributed by atoms with Gasteiger partial charge in [-0.05, 0) is 69.2 Å². The number of anilines is 1. The molecule has 1 aliphatic heterocycles. The first-order chi connectivity index (χ1) is 16.9. The molecule has 2 heterocycles. The van der Waals surface area contributed by atoms with Gasteiger partial charge in [-0.2, -0.15) is 0 Å². The van der Waals surface area contributed by atoms with Gasteiger partial charge >= 0.3 is 5.97 Å². The van der Waals surface area contributed by atoms with Gasteiger partial charge in [-0.15, -0.1) is 0 Å². The van der Waals surface area contributed by atoms with Crippen molar-refractivity contribution in [3.05, 3.63) is 95.6 Å². The molecule has 0 radical (unpaired) electrons. The van der Waals surface area contributed by atoms with Gasteiger partial charge in [0.2, 0.25) is 0 Å². The number of allylic oxidation sites excluding steroid dienone is 1. The molecule has 0 saturated carbocycles. The highest BCUT2D eigenvalue weighted by Crippen LogP contribution is 2.31. The van der Waals surface area contributed by atoms with Gasteiger partial charge in [0, 0.05) is 23.8 Å². The van der Waals surface area contributed by atoms with Crippen LogP contribution in [0.5, 0.6) is 0 Å². The van der Waals surface area contributed by atoms with Crippen molar-refractivity contribution in [1.29, 1.82) is 0 Å². The molecular weight excluding hydrogens is 482 g/mol. The van der Waals surface area contributed by atoms with Crippen molar-refractivity contribution >= 4 is 40.7 Å². The Hall–Kier alpha value is -3.16. The van der Waals surface area contributed by atoms with Crippen molar-refractivity contribution < 1.29 is 9.53 Å². The van der Waals surface area contributed by atoms with Crippen LogP contribution in [0.15, 0.2) is 69.6 Å². The third-order valence-corrected chi connectivity index (χ3v) is 7.26. The summed E-state index contributed by atoms with van der Waals surface area (Å²) >= 11 is 7.42. The number of hydrogen-bond acceptors (Lipinski definition) is 6. The van der Waals surface area contributed by atoms with Crippen LogP contribution in [0.3, 0.4) is 0 Å². The minimum atomic E-state index is -0.644. The van der Waals surface area contributed by atoms with E-state index in [1.54, 1.807) is 30.5 Å². The van der Waals surface area contributed by atoms with E-state index in [1.807, 2.05) is 30.3 Å². The third kappa shape index (κ3) is 4.97. The maximum absolute atomic E-state index is 13.6. The molecule has 1 aromatic heterocycles. The van der Waals surface area contributed by atoms with Crippen molar-refractivity contribution in [3.63, 3.8) is 0 Å². The van der Waals surface area contributed by atoms with E-state index in [2.05, 4.69) is 35.9 Å². The van der Waals surface area contributed by atoms with E-state index >= 15 is 0 Å². The number of thiazole rings is 1. The third-order valence-electron chi connectivity index (χ3n) is 6.02. The quantitative estimate of drug-likeness (QED) is 0.445. The smallest absolute Gasteiger partial charge is 0.338 e. The maximum atomic E-state index is 13.6. The average molecular weight is 510 g/mol. The van der Waals surface area contributed by atoms with E-state index in [-0.39, 0.29) is 12.2 Å². The van der Waals surface area contributed by atoms with Crippen molar-refractivity contribution in [3.8, 4) is 0 Å². The Balaban J connectivity index is 1.85. The second kappa shape index (κ2) is 10.6. The van der Waals surface area contributed by atoms with Gasteiger partial charge in [0.15, 0.2) is 4.80 Å². The lowest BCUT2D eigenvalue weighted by Gasteiger charge is -2.24. The summed E-state index contributed by atoms with van der Waals surface area (Å²) in [6.07, 6.45) is 1.87. The monoisotopic (exact) mass is 509 g/mol. The zero-order valence-electron chi connectivity index (χ0n) is 20.2. The Kier molecular flexibility index (Phi) is 7.57. The van der Waals surface area contributed by atoms with Crippen molar-refractivity contribution in [2.75, 3.05) is 24.6 Å². The summed E-state index contributed by atoms with van der Waals surface area (Å²) in [5, 5.41) is 0.577. The zero-order valence-corrected chi connectivity index (χ0v) is 21.8. The van der Waals surface area contributed by atoms with Gasteiger partial charge < -0.3 is 9.64 Å². The number of ether oxygens (including phenoxy) is 1. The van der Waals surface area contributed by atoms with Crippen LogP contribution in [0.25, 0.3) is 6.08 Å². The SMILES string of the molecule is CCOC(=O)C1=C(C)N=c2s/c(=C\c3ccc(N(CC)CC)cc3)c(=O)n2[C@H]1c1ccc(Cl)cc1. The molecule has 0 N–H and O–H groups in total. The summed E-state index contributed by atoms with van der Waals surface area (Å²) in [5.41, 5.74) is 3.54. The Labute approximate surface area is 213 Å². The number of fused-ring (bicyclic) bond motifs is 1. The fourth-order valence-electron chi connectivity index (χ4n) is 4.27. The van der Waals surface area contributed by atoms with Crippen LogP contribution in [0.1, 0.15) is 44.9 Å². The van der Waals surface area contributed by atoms with Crippen molar-refractivity contribution in [1.82, 2.24) is 4.57 Å². The lowest BCUT2D eigenvalue weighted by Crippen LogP contribution is -2.39. The molecule has 1 aliphatic rings. The van der Waals surface area contributed by atoms with E-state index in [9.17, 15) is 9.59 Å². The number of benzene rings is 2. The first-order valence-corrected chi connectivity index (χ1v) is 12.9. The zero-order chi connectivity index (χ0) is 25.1. The summed E-state index contributed by atoms with van der Waals surface area (Å²) in [6.45, 7) is 9.88. The molecule has 6 nitrogen and oxygen atoms in total. The highest BCUT2D eigenvalue weighted by molar-refractivity contribution is 7.07. The van der Waals surface area contributed by atoms with Gasteiger partial charge in [-0.3, -0.25) is 9.36 Å². The highest BCUT2D eigenvalue weighted by Gasteiger charge is 2.33. The minimum Gasteiger partial charge on any atom is -0.463 e. The van der Waals surface area contributed by atoms with E-state index in [1.165, 1.54) is 11.3 Å². The fraction of sp³-hybridized carbons (Fsp3) is 0.296. The van der Waals surface area contributed by atoms with Gasteiger partial charge in [-0.1, -0.05) is 47.2 Å². The summed E-state index contributed by atoms with van der Waals surface area (Å²) in [5.74, 6) is -0.477. The number of nitrogens with zero attached hydrogens (tertiary/aromatic N) is 3. The first-order valence-electron chi connectivity index (χ1n) is 11.7. The molecule has 0 saturated heterocycles. The maximum Gasteiger partial charge on any atom is 0.338 e. The summed E-state index contributed by atoms with van der Waals surface area (Å²) in [6, 6.07) is 14.7. The van der Waals surface area contributed by atoms with Gasteiger partial charge in [0.05, 0.1) is 28.5 Å². The molecule has 182 valence electrons. The molecule has 0 unspecified atom stereocenters. The first kappa shape index (κ1) is 24.9. The van der Waals surface area contributed by atoms with Crippen molar-refractivity contribution in [2.24, 2.45) is 4.99 Å². The molecule has 4 rings (SSSR count). The molecule has 0 fully saturated rings. The molecule has 0 spiro atoms. The number of carbonyl (C=O) groups excluding carboxylic acids is 1. The van der Waals surface area contributed by atoms with E-state index in [0.717, 1.165) is 29.9 Å². The number of carbonyl (C=O) groups is 1. The Morgan fingerprint density at radius 3 is 2.37 bits per heavy atom. The predicted molar refractivity (Wildman–Crippen MR) is 142 cm³/mol. The number of esters is 1. The molecule has 8 heteroatoms. The van der Waals surface area contributed by atoms with Crippen LogP contribution in [-0.4, -0.2) is 30.2 Å². The second-order valence-corrected chi connectivity index (χ2v) is 9.56.